The zero-order chi connectivity index (χ0) is 16.8. The molecule has 2 saturated heterocycles. The average molecular weight is 322 g/mol. The van der Waals surface area contributed by atoms with E-state index in [2.05, 4.69) is 26.8 Å². The van der Waals surface area contributed by atoms with Gasteiger partial charge in [0.25, 0.3) is 0 Å². The third kappa shape index (κ3) is 2.97. The Morgan fingerprint density at radius 2 is 2.17 bits per heavy atom. The molecule has 3 aliphatic rings. The van der Waals surface area contributed by atoms with Crippen molar-refractivity contribution in [3.05, 3.63) is 23.3 Å². The first-order valence-corrected chi connectivity index (χ1v) is 8.24. The van der Waals surface area contributed by atoms with E-state index in [1.54, 1.807) is 7.11 Å². The summed E-state index contributed by atoms with van der Waals surface area (Å²) in [6, 6.07) is 0. The summed E-state index contributed by atoms with van der Waals surface area (Å²) >= 11 is 0. The Morgan fingerprint density at radius 3 is 2.70 bits per heavy atom. The number of carboxylic acid groups (broad SMARTS) is 1. The third-order valence-electron chi connectivity index (χ3n) is 5.49. The maximum Gasteiger partial charge on any atom is 0.328 e. The van der Waals surface area contributed by atoms with Gasteiger partial charge in [-0.05, 0) is 45.6 Å². The van der Waals surface area contributed by atoms with Gasteiger partial charge >= 0.3 is 5.97 Å². The smallest absolute Gasteiger partial charge is 0.328 e. The quantitative estimate of drug-likeness (QED) is 0.479. The minimum absolute atomic E-state index is 0.0370. The van der Waals surface area contributed by atoms with Crippen molar-refractivity contribution in [3.8, 4) is 0 Å². The maximum absolute atomic E-state index is 11.1. The van der Waals surface area contributed by atoms with Gasteiger partial charge < -0.3 is 19.3 Å². The highest BCUT2D eigenvalue weighted by Crippen LogP contribution is 2.60. The van der Waals surface area contributed by atoms with Gasteiger partial charge in [-0.15, -0.1) is 0 Å². The van der Waals surface area contributed by atoms with Crippen molar-refractivity contribution in [2.45, 2.75) is 63.4 Å². The van der Waals surface area contributed by atoms with Crippen LogP contribution in [0.5, 0.6) is 0 Å². The van der Waals surface area contributed by atoms with Gasteiger partial charge in [-0.1, -0.05) is 11.6 Å². The van der Waals surface area contributed by atoms with Crippen LogP contribution in [0.3, 0.4) is 0 Å². The third-order valence-corrected chi connectivity index (χ3v) is 5.49. The molecule has 128 valence electrons. The van der Waals surface area contributed by atoms with Crippen LogP contribution < -0.4 is 0 Å². The van der Waals surface area contributed by atoms with Crippen molar-refractivity contribution in [3.63, 3.8) is 0 Å². The van der Waals surface area contributed by atoms with Crippen LogP contribution in [0, 0.1) is 5.92 Å². The number of epoxide rings is 2. The Hall–Kier alpha value is -1.17. The normalized spacial score (nSPS) is 43.5. The largest absolute Gasteiger partial charge is 0.478 e. The van der Waals surface area contributed by atoms with Gasteiger partial charge in [0.05, 0.1) is 24.7 Å². The number of hydrogen-bond acceptors (Lipinski definition) is 4. The fourth-order valence-electron chi connectivity index (χ4n) is 4.15. The monoisotopic (exact) mass is 322 g/mol. The minimum atomic E-state index is -0.920. The molecule has 23 heavy (non-hydrogen) atoms. The fourth-order valence-corrected chi connectivity index (χ4v) is 4.15. The molecule has 0 aromatic heterocycles. The summed E-state index contributed by atoms with van der Waals surface area (Å²) in [4.78, 5) is 11.1. The molecule has 0 bridgehead atoms. The second-order valence-corrected chi connectivity index (χ2v) is 7.35. The molecular weight excluding hydrogens is 296 g/mol. The lowest BCUT2D eigenvalue weighted by molar-refractivity contribution is -0.131. The molecule has 5 atom stereocenters. The Morgan fingerprint density at radius 1 is 1.48 bits per heavy atom. The van der Waals surface area contributed by atoms with E-state index in [-0.39, 0.29) is 29.3 Å². The van der Waals surface area contributed by atoms with Crippen LogP contribution in [-0.4, -0.2) is 48.2 Å². The van der Waals surface area contributed by atoms with Crippen molar-refractivity contribution in [1.82, 2.24) is 0 Å². The lowest BCUT2D eigenvalue weighted by atomic mass is 9.67. The van der Waals surface area contributed by atoms with Gasteiger partial charge in [-0.3, -0.25) is 0 Å². The summed E-state index contributed by atoms with van der Waals surface area (Å²) in [6.07, 6.45) is 5.79. The number of hydrogen-bond donors (Lipinski definition) is 1. The molecule has 0 unspecified atom stereocenters. The number of rotatable bonds is 5. The average Bonchev–Trinajstić information content (AvgIpc) is 3.37. The van der Waals surface area contributed by atoms with Crippen molar-refractivity contribution in [1.29, 1.82) is 0 Å². The number of carboxylic acids is 1. The van der Waals surface area contributed by atoms with Gasteiger partial charge in [-0.2, -0.15) is 0 Å². The lowest BCUT2D eigenvalue weighted by Crippen LogP contribution is -2.50. The molecule has 0 amide bonds. The maximum atomic E-state index is 11.1. The number of methoxy groups -OCH3 is 1. The Bertz CT molecular complexity index is 556. The van der Waals surface area contributed by atoms with Crippen LogP contribution >= 0.6 is 0 Å². The first-order chi connectivity index (χ1) is 10.8. The molecule has 2 aliphatic heterocycles. The zero-order valence-electron chi connectivity index (χ0n) is 14.3. The van der Waals surface area contributed by atoms with Crippen LogP contribution in [0.15, 0.2) is 23.3 Å². The molecule has 5 nitrogen and oxygen atoms in total. The number of carbonyl (C=O) groups is 1. The molecular formula is C18H26O5. The van der Waals surface area contributed by atoms with Crippen LogP contribution in [0.25, 0.3) is 0 Å². The molecule has 0 aromatic rings. The zero-order valence-corrected chi connectivity index (χ0v) is 14.3. The van der Waals surface area contributed by atoms with Crippen molar-refractivity contribution >= 4 is 5.97 Å². The molecule has 1 aliphatic carbocycles. The van der Waals surface area contributed by atoms with E-state index >= 15 is 0 Å². The van der Waals surface area contributed by atoms with Crippen molar-refractivity contribution in [2.24, 2.45) is 5.92 Å². The predicted molar refractivity (Wildman–Crippen MR) is 85.2 cm³/mol. The first-order valence-electron chi connectivity index (χ1n) is 8.24. The van der Waals surface area contributed by atoms with Gasteiger partial charge in [0.15, 0.2) is 0 Å². The second-order valence-electron chi connectivity index (χ2n) is 7.35. The van der Waals surface area contributed by atoms with E-state index in [1.165, 1.54) is 11.6 Å². The fraction of sp³-hybridized carbons (Fsp3) is 0.722. The Balaban J connectivity index is 1.85. The molecule has 5 heteroatoms. The predicted octanol–water partition coefficient (Wildman–Crippen LogP) is 2.71. The van der Waals surface area contributed by atoms with E-state index in [4.69, 9.17) is 19.3 Å². The van der Waals surface area contributed by atoms with E-state index in [1.807, 2.05) is 0 Å². The SMILES string of the molecule is CO[C@@H]1C(=CC(=O)O)CC[C@]2(CO2)[C@H]1[C@@]1(C)O[C@@H]1CC=C(C)C. The molecule has 1 N–H and O–H groups in total. The summed E-state index contributed by atoms with van der Waals surface area (Å²) in [5, 5.41) is 9.12. The second kappa shape index (κ2) is 5.72. The summed E-state index contributed by atoms with van der Waals surface area (Å²) in [5.74, 6) is -0.883. The number of aliphatic carboxylic acids is 1. The molecule has 3 fully saturated rings. The Kier molecular flexibility index (Phi) is 4.15. The van der Waals surface area contributed by atoms with Crippen LogP contribution in [-0.2, 0) is 19.0 Å². The first kappa shape index (κ1) is 16.7. The molecule has 3 rings (SSSR count). The summed E-state index contributed by atoms with van der Waals surface area (Å²) < 4.78 is 17.6. The van der Waals surface area contributed by atoms with E-state index < -0.39 is 5.97 Å². The van der Waals surface area contributed by atoms with Crippen molar-refractivity contribution < 1.29 is 24.1 Å². The number of ether oxygens (including phenoxy) is 3. The van der Waals surface area contributed by atoms with E-state index in [0.29, 0.717) is 13.0 Å². The van der Waals surface area contributed by atoms with Crippen molar-refractivity contribution in [2.75, 3.05) is 13.7 Å². The van der Waals surface area contributed by atoms with Gasteiger partial charge in [-0.25, -0.2) is 4.79 Å². The summed E-state index contributed by atoms with van der Waals surface area (Å²) in [5.41, 5.74) is 1.59. The topological polar surface area (TPSA) is 71.6 Å². The highest BCUT2D eigenvalue weighted by Gasteiger charge is 2.71. The molecule has 1 saturated carbocycles. The molecule has 1 spiro atoms. The van der Waals surface area contributed by atoms with Gasteiger partial charge in [0.1, 0.15) is 11.2 Å². The standard InChI is InChI=1S/C18H26O5/c1-11(2)5-6-13-17(3,23-13)16-15(21-4)12(9-14(19)20)7-8-18(16)10-22-18/h5,9,13,15-16H,6-8,10H2,1-4H3,(H,19,20)/t13-,15-,16-,17+,18+/m1/s1. The van der Waals surface area contributed by atoms with Crippen LogP contribution in [0.4, 0.5) is 0 Å². The van der Waals surface area contributed by atoms with Crippen LogP contribution in [0.1, 0.15) is 40.0 Å². The minimum Gasteiger partial charge on any atom is -0.478 e. The molecule has 0 radical (unpaired) electrons. The van der Waals surface area contributed by atoms with E-state index in [0.717, 1.165) is 18.4 Å². The highest BCUT2D eigenvalue weighted by molar-refractivity contribution is 5.81. The van der Waals surface area contributed by atoms with Gasteiger partial charge in [0.2, 0.25) is 0 Å². The molecule has 2 heterocycles. The molecule has 0 aromatic carbocycles. The van der Waals surface area contributed by atoms with Crippen LogP contribution in [0.2, 0.25) is 0 Å². The van der Waals surface area contributed by atoms with E-state index in [9.17, 15) is 4.79 Å². The lowest BCUT2D eigenvalue weighted by Gasteiger charge is -2.40. The van der Waals surface area contributed by atoms with Gasteiger partial charge in [0, 0.05) is 13.2 Å². The Labute approximate surface area is 137 Å². The summed E-state index contributed by atoms with van der Waals surface area (Å²) in [7, 11) is 1.64. The number of allylic oxidation sites excluding steroid dienone is 1. The summed E-state index contributed by atoms with van der Waals surface area (Å²) in [6.45, 7) is 6.99. The highest BCUT2D eigenvalue weighted by atomic mass is 16.6.